The topological polar surface area (TPSA) is 21.3 Å². The fourth-order valence-corrected chi connectivity index (χ4v) is 2.39. The van der Waals surface area contributed by atoms with Gasteiger partial charge in [0.25, 0.3) is 0 Å². The maximum atomic E-state index is 5.73. The van der Waals surface area contributed by atoms with E-state index in [0.717, 1.165) is 29.8 Å². The highest BCUT2D eigenvalue weighted by molar-refractivity contribution is 9.10. The first-order valence-corrected chi connectivity index (χ1v) is 5.65. The van der Waals surface area contributed by atoms with Gasteiger partial charge in [-0.05, 0) is 41.0 Å². The first-order chi connectivity index (χ1) is 6.81. The summed E-state index contributed by atoms with van der Waals surface area (Å²) < 4.78 is 6.80. The highest BCUT2D eigenvalue weighted by Crippen LogP contribution is 2.33. The molecule has 2 rings (SSSR count). The summed E-state index contributed by atoms with van der Waals surface area (Å²) in [6, 6.07) is 6.23. The van der Waals surface area contributed by atoms with Crippen LogP contribution in [0.1, 0.15) is 5.56 Å². The van der Waals surface area contributed by atoms with Gasteiger partial charge in [0.05, 0.1) is 11.1 Å². The molecule has 1 atom stereocenters. The molecule has 1 aliphatic rings. The van der Waals surface area contributed by atoms with Crippen LogP contribution < -0.4 is 10.1 Å². The monoisotopic (exact) mass is 255 g/mol. The molecule has 0 saturated carbocycles. The first kappa shape index (κ1) is 9.99. The van der Waals surface area contributed by atoms with Crippen molar-refractivity contribution in [2.75, 3.05) is 20.2 Å². The van der Waals surface area contributed by atoms with Gasteiger partial charge >= 0.3 is 0 Å². The molecule has 0 aromatic heterocycles. The van der Waals surface area contributed by atoms with E-state index < -0.39 is 0 Å². The number of hydrogen-bond acceptors (Lipinski definition) is 2. The number of halogens is 1. The minimum Gasteiger partial charge on any atom is -0.492 e. The molecule has 0 fully saturated rings. The molecule has 1 unspecified atom stereocenters. The lowest BCUT2D eigenvalue weighted by molar-refractivity contribution is 0.219. The molecule has 0 spiro atoms. The normalized spacial score (nSPS) is 20.0. The predicted molar refractivity (Wildman–Crippen MR) is 60.8 cm³/mol. The minimum atomic E-state index is 0.599. The zero-order valence-corrected chi connectivity index (χ0v) is 9.80. The van der Waals surface area contributed by atoms with Gasteiger partial charge in [0.15, 0.2) is 0 Å². The van der Waals surface area contributed by atoms with Crippen LogP contribution in [-0.2, 0) is 6.42 Å². The molecule has 0 saturated heterocycles. The van der Waals surface area contributed by atoms with Crippen molar-refractivity contribution < 1.29 is 4.74 Å². The van der Waals surface area contributed by atoms with Gasteiger partial charge in [-0.25, -0.2) is 0 Å². The smallest absolute Gasteiger partial charge is 0.136 e. The number of fused-ring (bicyclic) bond motifs is 1. The lowest BCUT2D eigenvalue weighted by atomic mass is 9.97. The molecule has 14 heavy (non-hydrogen) atoms. The number of ether oxygens (including phenoxy) is 1. The molecule has 1 aliphatic heterocycles. The molecular formula is C11H14BrNO. The van der Waals surface area contributed by atoms with Crippen LogP contribution in [-0.4, -0.2) is 20.2 Å². The highest BCUT2D eigenvalue weighted by Gasteiger charge is 2.20. The van der Waals surface area contributed by atoms with E-state index in [0.29, 0.717) is 5.92 Å². The van der Waals surface area contributed by atoms with Crippen molar-refractivity contribution in [2.45, 2.75) is 6.42 Å². The Kier molecular flexibility index (Phi) is 3.08. The molecule has 1 aromatic carbocycles. The van der Waals surface area contributed by atoms with E-state index >= 15 is 0 Å². The third-order valence-electron chi connectivity index (χ3n) is 2.51. The van der Waals surface area contributed by atoms with Crippen LogP contribution in [0, 0.1) is 5.92 Å². The molecule has 0 bridgehead atoms. The molecular weight excluding hydrogens is 242 g/mol. The Labute approximate surface area is 92.8 Å². The van der Waals surface area contributed by atoms with Crippen molar-refractivity contribution in [3.05, 3.63) is 28.2 Å². The van der Waals surface area contributed by atoms with E-state index in [1.807, 2.05) is 13.1 Å². The van der Waals surface area contributed by atoms with Crippen LogP contribution in [0.15, 0.2) is 22.7 Å². The summed E-state index contributed by atoms with van der Waals surface area (Å²) in [5.41, 5.74) is 1.31. The van der Waals surface area contributed by atoms with Crippen LogP contribution in [0.4, 0.5) is 0 Å². The van der Waals surface area contributed by atoms with Crippen LogP contribution in [0.25, 0.3) is 0 Å². The van der Waals surface area contributed by atoms with Crippen LogP contribution >= 0.6 is 15.9 Å². The van der Waals surface area contributed by atoms with Crippen LogP contribution in [0.2, 0.25) is 0 Å². The fraction of sp³-hybridized carbons (Fsp3) is 0.455. The van der Waals surface area contributed by atoms with E-state index in [4.69, 9.17) is 4.74 Å². The Morgan fingerprint density at radius 1 is 1.57 bits per heavy atom. The average Bonchev–Trinajstić information content (AvgIpc) is 2.18. The number of rotatable bonds is 2. The van der Waals surface area contributed by atoms with E-state index in [-0.39, 0.29) is 0 Å². The molecule has 1 N–H and O–H groups in total. The zero-order valence-electron chi connectivity index (χ0n) is 8.22. The second-order valence-corrected chi connectivity index (χ2v) is 4.52. The molecule has 1 aromatic rings. The molecule has 3 heteroatoms. The van der Waals surface area contributed by atoms with Gasteiger partial charge in [0.2, 0.25) is 0 Å². The summed E-state index contributed by atoms with van der Waals surface area (Å²) in [4.78, 5) is 0. The van der Waals surface area contributed by atoms with Crippen molar-refractivity contribution in [3.8, 4) is 5.75 Å². The van der Waals surface area contributed by atoms with Gasteiger partial charge in [-0.3, -0.25) is 0 Å². The van der Waals surface area contributed by atoms with E-state index in [1.165, 1.54) is 5.56 Å². The minimum absolute atomic E-state index is 0.599. The molecule has 1 heterocycles. The first-order valence-electron chi connectivity index (χ1n) is 4.86. The van der Waals surface area contributed by atoms with Gasteiger partial charge in [0, 0.05) is 12.5 Å². The van der Waals surface area contributed by atoms with E-state index in [1.54, 1.807) is 0 Å². The number of hydrogen-bond donors (Lipinski definition) is 1. The van der Waals surface area contributed by atoms with Gasteiger partial charge in [-0.2, -0.15) is 0 Å². The SMILES string of the molecule is CNCC1COc2c(Br)cccc2C1. The van der Waals surface area contributed by atoms with Crippen molar-refractivity contribution in [3.63, 3.8) is 0 Å². The second-order valence-electron chi connectivity index (χ2n) is 3.67. The lowest BCUT2D eigenvalue weighted by Gasteiger charge is -2.25. The molecule has 0 radical (unpaired) electrons. The Bertz CT molecular complexity index is 327. The van der Waals surface area contributed by atoms with Gasteiger partial charge < -0.3 is 10.1 Å². The maximum absolute atomic E-state index is 5.73. The number of nitrogens with one attached hydrogen (secondary N) is 1. The van der Waals surface area contributed by atoms with Crippen LogP contribution in [0.5, 0.6) is 5.75 Å². The van der Waals surface area contributed by atoms with E-state index in [9.17, 15) is 0 Å². The summed E-state index contributed by atoms with van der Waals surface area (Å²) in [5.74, 6) is 1.63. The highest BCUT2D eigenvalue weighted by atomic mass is 79.9. The average molecular weight is 256 g/mol. The summed E-state index contributed by atoms with van der Waals surface area (Å²) in [6.45, 7) is 1.84. The summed E-state index contributed by atoms with van der Waals surface area (Å²) >= 11 is 3.50. The predicted octanol–water partition coefficient (Wildman–Crippen LogP) is 2.22. The van der Waals surface area contributed by atoms with Crippen molar-refractivity contribution in [1.82, 2.24) is 5.32 Å². The number of para-hydroxylation sites is 1. The quantitative estimate of drug-likeness (QED) is 0.876. The van der Waals surface area contributed by atoms with Gasteiger partial charge in [-0.1, -0.05) is 12.1 Å². The Morgan fingerprint density at radius 2 is 2.43 bits per heavy atom. The van der Waals surface area contributed by atoms with E-state index in [2.05, 4.69) is 33.4 Å². The largest absolute Gasteiger partial charge is 0.492 e. The summed E-state index contributed by atoms with van der Waals surface area (Å²) in [5, 5.41) is 3.19. The Morgan fingerprint density at radius 3 is 3.21 bits per heavy atom. The third-order valence-corrected chi connectivity index (χ3v) is 3.14. The third kappa shape index (κ3) is 1.93. The maximum Gasteiger partial charge on any atom is 0.136 e. The van der Waals surface area contributed by atoms with Gasteiger partial charge in [-0.15, -0.1) is 0 Å². The van der Waals surface area contributed by atoms with Crippen LogP contribution in [0.3, 0.4) is 0 Å². The Balaban J connectivity index is 2.18. The fourth-order valence-electron chi connectivity index (χ4n) is 1.87. The molecule has 0 amide bonds. The molecule has 76 valence electrons. The Hall–Kier alpha value is -0.540. The van der Waals surface area contributed by atoms with Crippen molar-refractivity contribution in [1.29, 1.82) is 0 Å². The second kappa shape index (κ2) is 4.32. The number of benzene rings is 1. The zero-order chi connectivity index (χ0) is 9.97. The molecule has 2 nitrogen and oxygen atoms in total. The van der Waals surface area contributed by atoms with Gasteiger partial charge in [0.1, 0.15) is 5.75 Å². The lowest BCUT2D eigenvalue weighted by Crippen LogP contribution is -2.29. The summed E-state index contributed by atoms with van der Waals surface area (Å²) in [7, 11) is 1.98. The van der Waals surface area contributed by atoms with Crippen molar-refractivity contribution >= 4 is 15.9 Å². The molecule has 0 aliphatic carbocycles. The van der Waals surface area contributed by atoms with Crippen molar-refractivity contribution in [2.24, 2.45) is 5.92 Å². The standard InChI is InChI=1S/C11H14BrNO/c1-13-6-8-5-9-3-2-4-10(12)11(9)14-7-8/h2-4,8,13H,5-7H2,1H3. The summed E-state index contributed by atoms with van der Waals surface area (Å²) in [6.07, 6.45) is 1.11.